The summed E-state index contributed by atoms with van der Waals surface area (Å²) >= 11 is 0. The molecule has 37 heavy (non-hydrogen) atoms. The van der Waals surface area contributed by atoms with E-state index in [1.807, 2.05) is 0 Å². The number of carbonyl (C=O) groups is 2. The quantitative estimate of drug-likeness (QED) is 0.342. The van der Waals surface area contributed by atoms with Crippen LogP contribution in [0.25, 0.3) is 28.0 Å². The van der Waals surface area contributed by atoms with Crippen molar-refractivity contribution < 1.29 is 22.8 Å². The molecule has 190 valence electrons. The molecule has 0 spiro atoms. The first-order chi connectivity index (χ1) is 17.5. The van der Waals surface area contributed by atoms with Crippen molar-refractivity contribution >= 4 is 23.3 Å². The zero-order chi connectivity index (χ0) is 26.9. The monoisotopic (exact) mass is 510 g/mol. The van der Waals surface area contributed by atoms with E-state index in [4.69, 9.17) is 0 Å². The first kappa shape index (κ1) is 25.4. The number of hydrogen-bond acceptors (Lipinski definition) is 5. The number of alkyl halides is 3. The second kappa shape index (κ2) is 9.72. The molecule has 2 amide bonds. The van der Waals surface area contributed by atoms with Crippen LogP contribution in [0.15, 0.2) is 66.1 Å². The lowest BCUT2D eigenvalue weighted by molar-refractivity contribution is -0.137. The highest BCUT2D eigenvalue weighted by atomic mass is 19.4. The third-order valence-electron chi connectivity index (χ3n) is 5.49. The highest BCUT2D eigenvalue weighted by Gasteiger charge is 2.30. The molecule has 0 radical (unpaired) electrons. The third kappa shape index (κ3) is 5.27. The number of aryl methyl sites for hydroxylation is 1. The molecule has 0 aliphatic heterocycles. The summed E-state index contributed by atoms with van der Waals surface area (Å²) in [6.07, 6.45) is -1.78. The van der Waals surface area contributed by atoms with Crippen LogP contribution in [0.4, 0.5) is 19.0 Å². The van der Waals surface area contributed by atoms with Crippen molar-refractivity contribution in [3.63, 3.8) is 0 Å². The van der Waals surface area contributed by atoms with Gasteiger partial charge in [-0.25, -0.2) is 14.5 Å². The number of rotatable bonds is 6. The van der Waals surface area contributed by atoms with E-state index in [0.717, 1.165) is 12.1 Å². The number of nitrogens with one attached hydrogen (secondary N) is 3. The SMILES string of the molecule is C=C[C@H](NC(C)=O)C(=O)Nc1ccc(-c2cc(=O)n3[nH]c(C)c(-c4ccc(C(F)(F)F)cc4)c3n2)cn1. The summed E-state index contributed by atoms with van der Waals surface area (Å²) < 4.78 is 40.2. The molecule has 0 bridgehead atoms. The number of H-pyrrole nitrogens is 1. The van der Waals surface area contributed by atoms with Crippen LogP contribution >= 0.6 is 0 Å². The zero-order valence-electron chi connectivity index (χ0n) is 19.7. The van der Waals surface area contributed by atoms with Crippen LogP contribution in [-0.2, 0) is 15.8 Å². The van der Waals surface area contributed by atoms with Crippen molar-refractivity contribution in [3.05, 3.63) is 82.9 Å². The zero-order valence-corrected chi connectivity index (χ0v) is 19.7. The van der Waals surface area contributed by atoms with Crippen LogP contribution < -0.4 is 16.2 Å². The molecule has 3 heterocycles. The fourth-order valence-electron chi connectivity index (χ4n) is 3.74. The topological polar surface area (TPSA) is 121 Å². The number of pyridine rings is 1. The summed E-state index contributed by atoms with van der Waals surface area (Å²) in [5.41, 5.74) is 1.27. The lowest BCUT2D eigenvalue weighted by Crippen LogP contribution is -2.41. The van der Waals surface area contributed by atoms with Crippen molar-refractivity contribution in [1.82, 2.24) is 24.9 Å². The Kier molecular flexibility index (Phi) is 6.66. The van der Waals surface area contributed by atoms with E-state index in [1.165, 1.54) is 48.0 Å². The molecule has 0 aliphatic carbocycles. The molecule has 0 saturated carbocycles. The lowest BCUT2D eigenvalue weighted by Gasteiger charge is -2.13. The molecule has 1 aromatic carbocycles. The average molecular weight is 510 g/mol. The third-order valence-corrected chi connectivity index (χ3v) is 5.49. The molecule has 4 aromatic rings. The number of hydrogen-bond donors (Lipinski definition) is 3. The van der Waals surface area contributed by atoms with Gasteiger partial charge in [0.2, 0.25) is 5.91 Å². The number of nitrogens with zero attached hydrogens (tertiary/aromatic N) is 3. The maximum atomic E-state index is 13.0. The minimum atomic E-state index is -4.47. The van der Waals surface area contributed by atoms with Crippen LogP contribution in [0.3, 0.4) is 0 Å². The summed E-state index contributed by atoms with van der Waals surface area (Å²) in [6, 6.07) is 8.05. The molecule has 9 nitrogen and oxygen atoms in total. The first-order valence-electron chi connectivity index (χ1n) is 10.9. The Morgan fingerprint density at radius 3 is 2.38 bits per heavy atom. The Bertz CT molecular complexity index is 1550. The van der Waals surface area contributed by atoms with E-state index < -0.39 is 35.2 Å². The summed E-state index contributed by atoms with van der Waals surface area (Å²) in [5, 5.41) is 7.89. The highest BCUT2D eigenvalue weighted by molar-refractivity contribution is 5.97. The normalized spacial score (nSPS) is 12.2. The van der Waals surface area contributed by atoms with E-state index in [9.17, 15) is 27.6 Å². The molecular formula is C25H21F3N6O3. The van der Waals surface area contributed by atoms with Gasteiger partial charge in [-0.1, -0.05) is 18.2 Å². The Morgan fingerprint density at radius 2 is 1.81 bits per heavy atom. The molecule has 0 unspecified atom stereocenters. The molecule has 12 heteroatoms. The van der Waals surface area contributed by atoms with Gasteiger partial charge in [-0.3, -0.25) is 19.5 Å². The van der Waals surface area contributed by atoms with Gasteiger partial charge in [-0.2, -0.15) is 13.2 Å². The summed E-state index contributed by atoms with van der Waals surface area (Å²) in [5.74, 6) is -0.731. The maximum absolute atomic E-state index is 13.0. The second-order valence-corrected chi connectivity index (χ2v) is 8.16. The average Bonchev–Trinajstić information content (AvgIpc) is 3.18. The Hall–Kier alpha value is -4.74. The van der Waals surface area contributed by atoms with Gasteiger partial charge in [0.1, 0.15) is 11.9 Å². The van der Waals surface area contributed by atoms with Gasteiger partial charge in [-0.15, -0.1) is 6.58 Å². The largest absolute Gasteiger partial charge is 0.416 e. The van der Waals surface area contributed by atoms with E-state index in [0.29, 0.717) is 22.4 Å². The van der Waals surface area contributed by atoms with Gasteiger partial charge in [-0.05, 0) is 36.8 Å². The van der Waals surface area contributed by atoms with Gasteiger partial charge < -0.3 is 10.6 Å². The predicted molar refractivity (Wildman–Crippen MR) is 131 cm³/mol. The van der Waals surface area contributed by atoms with E-state index >= 15 is 0 Å². The molecule has 0 saturated heterocycles. The summed E-state index contributed by atoms with van der Waals surface area (Å²) in [6.45, 7) is 6.49. The van der Waals surface area contributed by atoms with Gasteiger partial charge in [0.25, 0.3) is 11.5 Å². The van der Waals surface area contributed by atoms with Crippen LogP contribution in [0.5, 0.6) is 0 Å². The highest BCUT2D eigenvalue weighted by Crippen LogP contribution is 2.33. The number of fused-ring (bicyclic) bond motifs is 1. The van der Waals surface area contributed by atoms with Crippen LogP contribution in [0.1, 0.15) is 18.2 Å². The number of aromatic amines is 1. The fourth-order valence-corrected chi connectivity index (χ4v) is 3.74. The fraction of sp³-hybridized carbons (Fsp3) is 0.160. The van der Waals surface area contributed by atoms with E-state index in [-0.39, 0.29) is 17.2 Å². The van der Waals surface area contributed by atoms with Gasteiger partial charge >= 0.3 is 6.18 Å². The summed E-state index contributed by atoms with van der Waals surface area (Å²) in [4.78, 5) is 45.1. The van der Waals surface area contributed by atoms with E-state index in [2.05, 4.69) is 32.3 Å². The predicted octanol–water partition coefficient (Wildman–Crippen LogP) is 3.71. The number of amides is 2. The van der Waals surface area contributed by atoms with Crippen molar-refractivity contribution in [2.75, 3.05) is 5.32 Å². The molecule has 1 atom stereocenters. The van der Waals surface area contributed by atoms with Crippen molar-refractivity contribution in [2.45, 2.75) is 26.1 Å². The van der Waals surface area contributed by atoms with Crippen LogP contribution in [-0.4, -0.2) is 37.4 Å². The number of anilines is 1. The second-order valence-electron chi connectivity index (χ2n) is 8.16. The smallest absolute Gasteiger partial charge is 0.341 e. The van der Waals surface area contributed by atoms with Crippen molar-refractivity contribution in [1.29, 1.82) is 0 Å². The van der Waals surface area contributed by atoms with Gasteiger partial charge in [0.05, 0.1) is 11.3 Å². The number of carbonyl (C=O) groups excluding carboxylic acids is 2. The number of aromatic nitrogens is 4. The molecule has 3 aromatic heterocycles. The summed E-state index contributed by atoms with van der Waals surface area (Å²) in [7, 11) is 0. The molecule has 0 aliphatic rings. The maximum Gasteiger partial charge on any atom is 0.416 e. The minimum absolute atomic E-state index is 0.201. The van der Waals surface area contributed by atoms with Crippen molar-refractivity contribution in [2.24, 2.45) is 0 Å². The van der Waals surface area contributed by atoms with Gasteiger partial charge in [0.15, 0.2) is 5.65 Å². The Morgan fingerprint density at radius 1 is 1.14 bits per heavy atom. The standard InChI is InChI=1S/C25H21F3N6O3/c1-4-18(30-14(3)35)24(37)32-20-10-7-16(12-29-20)19-11-21(36)34-23(31-19)22(13(2)33-34)15-5-8-17(9-6-15)25(26,27)28/h4-12,18,33H,1H2,2-3H3,(H,30,35)(H,29,32,37)/t18-/m0/s1. The molecule has 3 N–H and O–H groups in total. The Balaban J connectivity index is 1.67. The minimum Gasteiger partial charge on any atom is -0.341 e. The van der Waals surface area contributed by atoms with Gasteiger partial charge in [0, 0.05) is 36.0 Å². The first-order valence-corrected chi connectivity index (χ1v) is 10.9. The number of benzene rings is 1. The Labute approximate surface area is 208 Å². The van der Waals surface area contributed by atoms with E-state index in [1.54, 1.807) is 13.0 Å². The molecule has 0 fully saturated rings. The van der Waals surface area contributed by atoms with Crippen LogP contribution in [0, 0.1) is 6.92 Å². The van der Waals surface area contributed by atoms with Crippen molar-refractivity contribution in [3.8, 4) is 22.4 Å². The van der Waals surface area contributed by atoms with Crippen LogP contribution in [0.2, 0.25) is 0 Å². The lowest BCUT2D eigenvalue weighted by atomic mass is 10.0. The molecule has 4 rings (SSSR count). The molecular weight excluding hydrogens is 489 g/mol. The number of halogens is 3.